The van der Waals surface area contributed by atoms with Crippen molar-refractivity contribution < 1.29 is 18.3 Å². The highest BCUT2D eigenvalue weighted by molar-refractivity contribution is 9.11. The molecule has 0 amide bonds. The lowest BCUT2D eigenvalue weighted by Gasteiger charge is -2.23. The summed E-state index contributed by atoms with van der Waals surface area (Å²) in [5.74, 6) is -0.831. The average Bonchev–Trinajstić information content (AvgIpc) is 2.74. The molecule has 0 aliphatic heterocycles. The Morgan fingerprint density at radius 3 is 2.55 bits per heavy atom. The summed E-state index contributed by atoms with van der Waals surface area (Å²) in [6.07, 6.45) is 1.21. The Labute approximate surface area is 131 Å². The normalized spacial score (nSPS) is 12.6. The summed E-state index contributed by atoms with van der Waals surface area (Å²) in [4.78, 5) is 10.6. The van der Waals surface area contributed by atoms with Gasteiger partial charge in [-0.1, -0.05) is 13.8 Å². The van der Waals surface area contributed by atoms with Gasteiger partial charge in [0.05, 0.1) is 3.79 Å². The molecule has 0 aliphatic rings. The summed E-state index contributed by atoms with van der Waals surface area (Å²) in [5.41, 5.74) is -0.211. The summed E-state index contributed by atoms with van der Waals surface area (Å²) in [5, 5.41) is 8.67. The fourth-order valence-corrected chi connectivity index (χ4v) is 4.69. The van der Waals surface area contributed by atoms with Gasteiger partial charge < -0.3 is 5.11 Å². The second kappa shape index (κ2) is 7.02. The maximum atomic E-state index is 12.0. The quantitative estimate of drug-likeness (QED) is 0.722. The molecule has 0 fully saturated rings. The summed E-state index contributed by atoms with van der Waals surface area (Å²) in [6, 6.07) is 3.24. The van der Waals surface area contributed by atoms with Crippen molar-refractivity contribution in [3.8, 4) is 0 Å². The highest BCUT2D eigenvalue weighted by Gasteiger charge is 2.21. The number of carbonyl (C=O) groups is 1. The third-order valence-electron chi connectivity index (χ3n) is 2.92. The van der Waals surface area contributed by atoms with Crippen molar-refractivity contribution in [1.82, 2.24) is 4.72 Å². The van der Waals surface area contributed by atoms with Crippen molar-refractivity contribution in [1.29, 1.82) is 0 Å². The first-order chi connectivity index (χ1) is 9.12. The van der Waals surface area contributed by atoms with Gasteiger partial charge in [0.1, 0.15) is 4.21 Å². The molecule has 0 spiro atoms. The van der Waals surface area contributed by atoms with Crippen LogP contribution in [0.25, 0.3) is 0 Å². The van der Waals surface area contributed by atoms with Crippen LogP contribution in [0, 0.1) is 5.41 Å². The second-order valence-corrected chi connectivity index (χ2v) is 9.72. The third kappa shape index (κ3) is 5.90. The van der Waals surface area contributed by atoms with E-state index in [-0.39, 0.29) is 16.0 Å². The van der Waals surface area contributed by atoms with E-state index < -0.39 is 16.0 Å². The predicted molar refractivity (Wildman–Crippen MR) is 82.5 cm³/mol. The molecule has 5 nitrogen and oxygen atoms in total. The maximum Gasteiger partial charge on any atom is 0.303 e. The van der Waals surface area contributed by atoms with E-state index in [0.29, 0.717) is 19.4 Å². The smallest absolute Gasteiger partial charge is 0.303 e. The molecule has 0 radical (unpaired) electrons. The molecule has 2 N–H and O–H groups in total. The minimum atomic E-state index is -3.47. The summed E-state index contributed by atoms with van der Waals surface area (Å²) < 4.78 is 27.5. The Hall–Kier alpha value is -0.440. The molecule has 0 saturated carbocycles. The predicted octanol–water partition coefficient (Wildman–Crippen LogP) is 3.07. The van der Waals surface area contributed by atoms with Gasteiger partial charge in [0, 0.05) is 13.0 Å². The minimum absolute atomic E-state index is 0.0949. The lowest BCUT2D eigenvalue weighted by atomic mass is 9.84. The Bertz CT molecular complexity index is 566. The lowest BCUT2D eigenvalue weighted by Crippen LogP contribution is -2.28. The molecule has 0 atom stereocenters. The molecular formula is C12H18BrNO4S2. The fraction of sp³-hybridized carbons (Fsp3) is 0.583. The summed E-state index contributed by atoms with van der Waals surface area (Å²) >= 11 is 4.38. The van der Waals surface area contributed by atoms with E-state index in [1.165, 1.54) is 0 Å². The number of aliphatic carboxylic acids is 1. The highest BCUT2D eigenvalue weighted by Crippen LogP contribution is 2.28. The third-order valence-corrected chi connectivity index (χ3v) is 6.50. The molecule has 1 aromatic heterocycles. The fourth-order valence-electron chi connectivity index (χ4n) is 1.61. The molecule has 1 rings (SSSR count). The van der Waals surface area contributed by atoms with Gasteiger partial charge in [-0.05, 0) is 46.3 Å². The van der Waals surface area contributed by atoms with E-state index >= 15 is 0 Å². The van der Waals surface area contributed by atoms with Crippen molar-refractivity contribution >= 4 is 43.3 Å². The van der Waals surface area contributed by atoms with Crippen LogP contribution < -0.4 is 4.72 Å². The topological polar surface area (TPSA) is 83.5 Å². The molecule has 0 saturated heterocycles. The van der Waals surface area contributed by atoms with E-state index in [1.54, 1.807) is 12.1 Å². The number of rotatable bonds is 8. The molecular weight excluding hydrogens is 366 g/mol. The van der Waals surface area contributed by atoms with E-state index in [2.05, 4.69) is 20.7 Å². The van der Waals surface area contributed by atoms with Crippen molar-refractivity contribution in [3.05, 3.63) is 15.9 Å². The van der Waals surface area contributed by atoms with Crippen LogP contribution in [0.3, 0.4) is 0 Å². The summed E-state index contributed by atoms with van der Waals surface area (Å²) in [6.45, 7) is 4.17. The van der Waals surface area contributed by atoms with E-state index in [4.69, 9.17) is 5.11 Å². The van der Waals surface area contributed by atoms with Crippen LogP contribution in [0.4, 0.5) is 0 Å². The largest absolute Gasteiger partial charge is 0.481 e. The zero-order chi connectivity index (χ0) is 15.4. The lowest BCUT2D eigenvalue weighted by molar-refractivity contribution is -0.137. The molecule has 1 heterocycles. The number of hydrogen-bond donors (Lipinski definition) is 2. The molecule has 0 unspecified atom stereocenters. The van der Waals surface area contributed by atoms with Crippen LogP contribution in [-0.4, -0.2) is 26.0 Å². The van der Waals surface area contributed by atoms with Crippen molar-refractivity contribution in [2.75, 3.05) is 6.54 Å². The van der Waals surface area contributed by atoms with E-state index in [9.17, 15) is 13.2 Å². The first kappa shape index (κ1) is 17.6. The number of halogens is 1. The zero-order valence-corrected chi connectivity index (χ0v) is 14.6. The molecule has 1 aromatic rings. The van der Waals surface area contributed by atoms with E-state index in [1.807, 2.05) is 13.8 Å². The zero-order valence-electron chi connectivity index (χ0n) is 11.3. The Kier molecular flexibility index (Phi) is 6.18. The first-order valence-corrected chi connectivity index (χ1v) is 9.18. The number of carboxylic acids is 1. The van der Waals surface area contributed by atoms with Gasteiger partial charge in [0.2, 0.25) is 10.0 Å². The number of carboxylic acid groups (broad SMARTS) is 1. The second-order valence-electron chi connectivity index (χ2n) is 5.26. The number of sulfonamides is 1. The van der Waals surface area contributed by atoms with Gasteiger partial charge in [-0.15, -0.1) is 11.3 Å². The van der Waals surface area contributed by atoms with Gasteiger partial charge in [-0.3, -0.25) is 4.79 Å². The van der Waals surface area contributed by atoms with Crippen LogP contribution >= 0.6 is 27.3 Å². The van der Waals surface area contributed by atoms with Crippen molar-refractivity contribution in [2.45, 2.75) is 37.3 Å². The Balaban J connectivity index is 2.49. The monoisotopic (exact) mass is 383 g/mol. The Morgan fingerprint density at radius 2 is 2.05 bits per heavy atom. The minimum Gasteiger partial charge on any atom is -0.481 e. The highest BCUT2D eigenvalue weighted by atomic mass is 79.9. The first-order valence-electron chi connectivity index (χ1n) is 6.09. The van der Waals surface area contributed by atoms with Crippen LogP contribution in [0.1, 0.15) is 33.1 Å². The van der Waals surface area contributed by atoms with E-state index in [0.717, 1.165) is 15.1 Å². The molecule has 8 heteroatoms. The maximum absolute atomic E-state index is 12.0. The Morgan fingerprint density at radius 1 is 1.40 bits per heavy atom. The molecule has 0 bridgehead atoms. The summed E-state index contributed by atoms with van der Waals surface area (Å²) in [7, 11) is -3.47. The van der Waals surface area contributed by atoms with Gasteiger partial charge in [0.25, 0.3) is 0 Å². The standard InChI is InChI=1S/C12H18BrNO4S2/c1-12(2,6-5-10(15)16)7-8-14-20(17,18)11-4-3-9(13)19-11/h3-4,14H,5-8H2,1-2H3,(H,15,16). The molecule has 114 valence electrons. The van der Waals surface area contributed by atoms with Crippen molar-refractivity contribution in [2.24, 2.45) is 5.41 Å². The van der Waals surface area contributed by atoms with Gasteiger partial charge >= 0.3 is 5.97 Å². The van der Waals surface area contributed by atoms with Crippen LogP contribution in [0.5, 0.6) is 0 Å². The molecule has 0 aromatic carbocycles. The molecule has 20 heavy (non-hydrogen) atoms. The van der Waals surface area contributed by atoms with Crippen LogP contribution in [-0.2, 0) is 14.8 Å². The van der Waals surface area contributed by atoms with Crippen molar-refractivity contribution in [3.63, 3.8) is 0 Å². The van der Waals surface area contributed by atoms with Crippen LogP contribution in [0.2, 0.25) is 0 Å². The number of nitrogens with one attached hydrogen (secondary N) is 1. The number of thiophene rings is 1. The SMILES string of the molecule is CC(C)(CCNS(=O)(=O)c1ccc(Br)s1)CCC(=O)O. The number of hydrogen-bond acceptors (Lipinski definition) is 4. The van der Waals surface area contributed by atoms with Gasteiger partial charge in [-0.2, -0.15) is 0 Å². The average molecular weight is 384 g/mol. The molecule has 0 aliphatic carbocycles. The van der Waals surface area contributed by atoms with Gasteiger partial charge in [0.15, 0.2) is 0 Å². The van der Waals surface area contributed by atoms with Gasteiger partial charge in [-0.25, -0.2) is 13.1 Å². The van der Waals surface area contributed by atoms with Crippen LogP contribution in [0.15, 0.2) is 20.1 Å².